The Balaban J connectivity index is 1.63. The van der Waals surface area contributed by atoms with Gasteiger partial charge in [-0.25, -0.2) is 9.97 Å². The largest absolute Gasteiger partial charge is 0.491 e. The maximum atomic E-state index is 6.06. The molecule has 1 heterocycles. The number of hydrogen-bond donors (Lipinski definition) is 0. The molecule has 0 spiro atoms. The number of hydrogen-bond acceptors (Lipinski definition) is 3. The van der Waals surface area contributed by atoms with E-state index < -0.39 is 0 Å². The van der Waals surface area contributed by atoms with E-state index in [1.54, 1.807) is 0 Å². The highest BCUT2D eigenvalue weighted by Crippen LogP contribution is 2.21. The Morgan fingerprint density at radius 3 is 1.76 bits per heavy atom. The predicted octanol–water partition coefficient (Wildman–Crippen LogP) is 9.34. The van der Waals surface area contributed by atoms with Gasteiger partial charge in [-0.1, -0.05) is 90.9 Å². The first kappa shape index (κ1) is 27.3. The second-order valence-electron chi connectivity index (χ2n) is 9.65. The second-order valence-corrected chi connectivity index (χ2v) is 9.65. The molecule has 0 saturated carbocycles. The number of aryl methyl sites for hydroxylation is 1. The highest BCUT2D eigenvalue weighted by molar-refractivity contribution is 5.55. The number of aromatic nitrogens is 2. The van der Waals surface area contributed by atoms with E-state index in [2.05, 4.69) is 42.9 Å². The second kappa shape index (κ2) is 17.6. The van der Waals surface area contributed by atoms with Crippen LogP contribution in [0.2, 0.25) is 0 Å². The van der Waals surface area contributed by atoms with Crippen LogP contribution in [0.15, 0.2) is 36.7 Å². The van der Waals surface area contributed by atoms with Crippen LogP contribution in [0.5, 0.6) is 5.75 Å². The Kier molecular flexibility index (Phi) is 14.6. The van der Waals surface area contributed by atoms with Gasteiger partial charge >= 0.3 is 0 Å². The molecule has 2 aromatic rings. The zero-order valence-electron chi connectivity index (χ0n) is 21.7. The van der Waals surface area contributed by atoms with Crippen molar-refractivity contribution < 1.29 is 4.74 Å². The van der Waals surface area contributed by atoms with Crippen molar-refractivity contribution in [1.29, 1.82) is 0 Å². The highest BCUT2D eigenvalue weighted by Gasteiger charge is 2.06. The molecule has 0 N–H and O–H groups in total. The first-order valence-corrected chi connectivity index (χ1v) is 13.8. The molecule has 0 aliphatic rings. The summed E-state index contributed by atoms with van der Waals surface area (Å²) < 4.78 is 6.06. The molecule has 1 atom stereocenters. The summed E-state index contributed by atoms with van der Waals surface area (Å²) in [6.07, 6.45) is 25.3. The Labute approximate surface area is 203 Å². The fraction of sp³-hybridized carbons (Fsp3) is 0.667. The molecule has 1 aromatic carbocycles. The van der Waals surface area contributed by atoms with Crippen LogP contribution in [0, 0.1) is 0 Å². The fourth-order valence-electron chi connectivity index (χ4n) is 4.28. The van der Waals surface area contributed by atoms with Crippen LogP contribution in [-0.2, 0) is 6.42 Å². The molecule has 0 bridgehead atoms. The number of unbranched alkanes of at least 4 members (excludes halogenated alkanes) is 12. The van der Waals surface area contributed by atoms with Crippen LogP contribution >= 0.6 is 0 Å². The molecule has 0 aliphatic heterocycles. The van der Waals surface area contributed by atoms with Crippen LogP contribution in [0.1, 0.15) is 123 Å². The molecular formula is C30H48N2O. The van der Waals surface area contributed by atoms with Gasteiger partial charge in [0.25, 0.3) is 0 Å². The molecular weight excluding hydrogens is 404 g/mol. The van der Waals surface area contributed by atoms with Gasteiger partial charge in [0.1, 0.15) is 5.75 Å². The Hall–Kier alpha value is -1.90. The topological polar surface area (TPSA) is 35.0 Å². The van der Waals surface area contributed by atoms with Gasteiger partial charge in [0, 0.05) is 18.0 Å². The third-order valence-electron chi connectivity index (χ3n) is 6.44. The summed E-state index contributed by atoms with van der Waals surface area (Å²) in [5.41, 5.74) is 2.29. The van der Waals surface area contributed by atoms with Crippen LogP contribution < -0.4 is 4.74 Å². The molecule has 0 saturated heterocycles. The molecule has 3 heteroatoms. The monoisotopic (exact) mass is 452 g/mol. The van der Waals surface area contributed by atoms with Crippen molar-refractivity contribution in [3.8, 4) is 17.1 Å². The van der Waals surface area contributed by atoms with Crippen molar-refractivity contribution in [2.24, 2.45) is 0 Å². The van der Waals surface area contributed by atoms with Crippen molar-refractivity contribution in [2.75, 3.05) is 0 Å². The Morgan fingerprint density at radius 1 is 0.667 bits per heavy atom. The third-order valence-corrected chi connectivity index (χ3v) is 6.44. The number of ether oxygens (including phenoxy) is 1. The molecule has 0 amide bonds. The molecule has 2 rings (SSSR count). The summed E-state index contributed by atoms with van der Waals surface area (Å²) in [4.78, 5) is 9.22. The van der Waals surface area contributed by atoms with Gasteiger partial charge in [0.15, 0.2) is 5.82 Å². The summed E-state index contributed by atoms with van der Waals surface area (Å²) >= 11 is 0. The Bertz CT molecular complexity index is 711. The first-order valence-electron chi connectivity index (χ1n) is 13.8. The van der Waals surface area contributed by atoms with Gasteiger partial charge in [0.2, 0.25) is 0 Å². The normalized spacial score (nSPS) is 12.1. The van der Waals surface area contributed by atoms with E-state index in [-0.39, 0.29) is 6.10 Å². The van der Waals surface area contributed by atoms with Gasteiger partial charge in [-0.3, -0.25) is 0 Å². The van der Waals surface area contributed by atoms with Crippen LogP contribution in [0.25, 0.3) is 11.4 Å². The average Bonchev–Trinajstić information content (AvgIpc) is 2.84. The lowest BCUT2D eigenvalue weighted by atomic mass is 10.0. The molecule has 0 aliphatic carbocycles. The van der Waals surface area contributed by atoms with Crippen LogP contribution in [-0.4, -0.2) is 16.1 Å². The summed E-state index contributed by atoms with van der Waals surface area (Å²) in [6, 6.07) is 8.21. The number of rotatable bonds is 19. The zero-order chi connectivity index (χ0) is 23.6. The van der Waals surface area contributed by atoms with E-state index >= 15 is 0 Å². The lowest BCUT2D eigenvalue weighted by molar-refractivity contribution is 0.206. The maximum absolute atomic E-state index is 6.06. The van der Waals surface area contributed by atoms with Crippen LogP contribution in [0.4, 0.5) is 0 Å². The van der Waals surface area contributed by atoms with E-state index in [1.165, 1.54) is 95.5 Å². The first-order chi connectivity index (χ1) is 16.2. The van der Waals surface area contributed by atoms with Gasteiger partial charge in [0.05, 0.1) is 6.10 Å². The van der Waals surface area contributed by atoms with Crippen molar-refractivity contribution >= 4 is 0 Å². The minimum atomic E-state index is 0.258. The minimum Gasteiger partial charge on any atom is -0.491 e. The van der Waals surface area contributed by atoms with Crippen molar-refractivity contribution in [1.82, 2.24) is 9.97 Å². The molecule has 0 fully saturated rings. The summed E-state index contributed by atoms with van der Waals surface area (Å²) in [7, 11) is 0. The van der Waals surface area contributed by atoms with Crippen molar-refractivity contribution in [3.63, 3.8) is 0 Å². The van der Waals surface area contributed by atoms with Crippen molar-refractivity contribution in [3.05, 3.63) is 42.2 Å². The van der Waals surface area contributed by atoms with E-state index in [0.29, 0.717) is 0 Å². The third kappa shape index (κ3) is 12.2. The summed E-state index contributed by atoms with van der Waals surface area (Å²) in [6.45, 7) is 6.69. The molecule has 3 nitrogen and oxygen atoms in total. The van der Waals surface area contributed by atoms with Gasteiger partial charge in [-0.2, -0.15) is 0 Å². The highest BCUT2D eigenvalue weighted by atomic mass is 16.5. The average molecular weight is 453 g/mol. The molecule has 33 heavy (non-hydrogen) atoms. The van der Waals surface area contributed by atoms with E-state index in [9.17, 15) is 0 Å². The Morgan fingerprint density at radius 2 is 1.18 bits per heavy atom. The SMILES string of the molecule is CCCCCCCCCCCCc1cnc(-c2ccc(O[C@@H](C)CCCCCC)cc2)nc1. The summed E-state index contributed by atoms with van der Waals surface area (Å²) in [5, 5.41) is 0. The number of benzene rings is 1. The van der Waals surface area contributed by atoms with Gasteiger partial charge < -0.3 is 4.74 Å². The predicted molar refractivity (Wildman–Crippen MR) is 142 cm³/mol. The van der Waals surface area contributed by atoms with E-state index in [4.69, 9.17) is 4.74 Å². The van der Waals surface area contributed by atoms with Gasteiger partial charge in [-0.05, 0) is 62.4 Å². The lowest BCUT2D eigenvalue weighted by Gasteiger charge is -2.14. The molecule has 0 unspecified atom stereocenters. The molecule has 1 aromatic heterocycles. The quantitative estimate of drug-likeness (QED) is 0.199. The fourth-order valence-corrected chi connectivity index (χ4v) is 4.28. The van der Waals surface area contributed by atoms with Crippen molar-refractivity contribution in [2.45, 2.75) is 130 Å². The zero-order valence-corrected chi connectivity index (χ0v) is 21.7. The van der Waals surface area contributed by atoms with E-state index in [0.717, 1.165) is 30.0 Å². The smallest absolute Gasteiger partial charge is 0.159 e. The van der Waals surface area contributed by atoms with Gasteiger partial charge in [-0.15, -0.1) is 0 Å². The van der Waals surface area contributed by atoms with E-state index in [1.807, 2.05) is 24.5 Å². The van der Waals surface area contributed by atoms with Crippen LogP contribution in [0.3, 0.4) is 0 Å². The minimum absolute atomic E-state index is 0.258. The maximum Gasteiger partial charge on any atom is 0.159 e. The summed E-state index contributed by atoms with van der Waals surface area (Å²) in [5.74, 6) is 1.72. The molecule has 0 radical (unpaired) electrons. The molecule has 184 valence electrons. The lowest BCUT2D eigenvalue weighted by Crippen LogP contribution is -2.11. The number of nitrogens with zero attached hydrogens (tertiary/aromatic N) is 2. The standard InChI is InChI=1S/C30H48N2O/c1-4-6-8-10-11-12-13-14-15-17-19-27-24-31-30(32-25-27)28-20-22-29(23-21-28)33-26(3)18-16-9-7-5-2/h20-26H,4-19H2,1-3H3/t26-/m0/s1.